The predicted octanol–water partition coefficient (Wildman–Crippen LogP) is 0.467. The molecular formula is C6H6F2N2O2S. The van der Waals surface area contributed by atoms with Crippen LogP contribution in [0.1, 0.15) is 5.69 Å². The largest absolute Gasteiger partial charge is 0.253 e. The molecule has 72 valence electrons. The molecule has 0 atom stereocenters. The lowest BCUT2D eigenvalue weighted by atomic mass is 10.4. The zero-order valence-corrected chi connectivity index (χ0v) is 7.69. The third-order valence-corrected chi connectivity index (χ3v) is 2.13. The molecule has 0 spiro atoms. The van der Waals surface area contributed by atoms with Crippen LogP contribution in [0.25, 0.3) is 0 Å². The van der Waals surface area contributed by atoms with E-state index < -0.39 is 26.8 Å². The van der Waals surface area contributed by atoms with Gasteiger partial charge in [0.15, 0.2) is 5.82 Å². The molecule has 0 aliphatic heterocycles. The van der Waals surface area contributed by atoms with Gasteiger partial charge in [0, 0.05) is 6.26 Å². The molecule has 0 radical (unpaired) electrons. The summed E-state index contributed by atoms with van der Waals surface area (Å²) < 4.78 is 46.9. The monoisotopic (exact) mass is 208 g/mol. The summed E-state index contributed by atoms with van der Waals surface area (Å²) in [5.74, 6) is -2.68. The van der Waals surface area contributed by atoms with Gasteiger partial charge in [-0.05, 0) is 6.92 Å². The first-order chi connectivity index (χ1) is 5.82. The van der Waals surface area contributed by atoms with E-state index in [4.69, 9.17) is 0 Å². The molecule has 1 heterocycles. The van der Waals surface area contributed by atoms with Gasteiger partial charge in [0.05, 0.1) is 5.69 Å². The Morgan fingerprint density at radius 2 is 1.77 bits per heavy atom. The van der Waals surface area contributed by atoms with Crippen molar-refractivity contribution >= 4 is 9.84 Å². The van der Waals surface area contributed by atoms with E-state index in [0.717, 1.165) is 13.2 Å². The number of rotatable bonds is 1. The smallest absolute Gasteiger partial charge is 0.221 e. The van der Waals surface area contributed by atoms with Crippen LogP contribution in [0.15, 0.2) is 5.16 Å². The van der Waals surface area contributed by atoms with Crippen molar-refractivity contribution in [2.45, 2.75) is 12.1 Å². The first-order valence-corrected chi connectivity index (χ1v) is 5.11. The van der Waals surface area contributed by atoms with Crippen LogP contribution in [0, 0.1) is 18.7 Å². The molecule has 1 aromatic heterocycles. The highest BCUT2D eigenvalue weighted by atomic mass is 32.2. The minimum absolute atomic E-state index is 0.326. The van der Waals surface area contributed by atoms with Crippen LogP contribution in [0.3, 0.4) is 0 Å². The highest BCUT2D eigenvalue weighted by Crippen LogP contribution is 2.09. The average molecular weight is 208 g/mol. The van der Waals surface area contributed by atoms with Gasteiger partial charge < -0.3 is 0 Å². The molecule has 0 N–H and O–H groups in total. The van der Waals surface area contributed by atoms with E-state index in [2.05, 4.69) is 9.97 Å². The fourth-order valence-electron chi connectivity index (χ4n) is 0.666. The summed E-state index contributed by atoms with van der Waals surface area (Å²) in [6.07, 6.45) is 0.819. The number of aromatic nitrogens is 2. The molecule has 0 aromatic carbocycles. The molecule has 0 aliphatic rings. The number of nitrogens with zero attached hydrogens (tertiary/aromatic N) is 2. The van der Waals surface area contributed by atoms with E-state index >= 15 is 0 Å². The van der Waals surface area contributed by atoms with Gasteiger partial charge in [0.25, 0.3) is 5.95 Å². The fraction of sp³-hybridized carbons (Fsp3) is 0.333. The Morgan fingerprint density at radius 3 is 2.15 bits per heavy atom. The SMILES string of the molecule is Cc1nc(S(C)(=O)=O)nc(F)c1F. The van der Waals surface area contributed by atoms with Gasteiger partial charge in [-0.1, -0.05) is 0 Å². The Morgan fingerprint density at radius 1 is 1.23 bits per heavy atom. The second-order valence-electron chi connectivity index (χ2n) is 2.47. The molecule has 0 amide bonds. The highest BCUT2D eigenvalue weighted by molar-refractivity contribution is 7.90. The standard InChI is InChI=1S/C6H6F2N2O2S/c1-3-4(7)5(8)10-6(9-3)13(2,11)12/h1-2H3. The topological polar surface area (TPSA) is 59.9 Å². The zero-order chi connectivity index (χ0) is 10.2. The maximum absolute atomic E-state index is 12.6. The van der Waals surface area contributed by atoms with E-state index in [1.165, 1.54) is 0 Å². The molecule has 0 bridgehead atoms. The number of hydrogen-bond acceptors (Lipinski definition) is 4. The average Bonchev–Trinajstić information content (AvgIpc) is 1.97. The molecular weight excluding hydrogens is 202 g/mol. The van der Waals surface area contributed by atoms with E-state index in [9.17, 15) is 17.2 Å². The van der Waals surface area contributed by atoms with Gasteiger partial charge in [-0.15, -0.1) is 0 Å². The van der Waals surface area contributed by atoms with E-state index in [1.807, 2.05) is 0 Å². The molecule has 0 saturated heterocycles. The van der Waals surface area contributed by atoms with Crippen molar-refractivity contribution in [2.75, 3.05) is 6.26 Å². The van der Waals surface area contributed by atoms with Crippen molar-refractivity contribution in [1.82, 2.24) is 9.97 Å². The van der Waals surface area contributed by atoms with Crippen LogP contribution in [0.4, 0.5) is 8.78 Å². The lowest BCUT2D eigenvalue weighted by Crippen LogP contribution is -2.09. The second-order valence-corrected chi connectivity index (χ2v) is 4.38. The number of halogens is 2. The molecule has 7 heteroatoms. The third kappa shape index (κ3) is 1.97. The van der Waals surface area contributed by atoms with Crippen molar-refractivity contribution in [1.29, 1.82) is 0 Å². The Kier molecular flexibility index (Phi) is 2.29. The van der Waals surface area contributed by atoms with Crippen molar-refractivity contribution in [3.05, 3.63) is 17.5 Å². The molecule has 1 aromatic rings. The first kappa shape index (κ1) is 9.97. The Labute approximate surface area is 73.6 Å². The van der Waals surface area contributed by atoms with E-state index in [-0.39, 0.29) is 5.69 Å². The molecule has 4 nitrogen and oxygen atoms in total. The summed E-state index contributed by atoms with van der Waals surface area (Å²) in [6, 6.07) is 0. The van der Waals surface area contributed by atoms with Crippen molar-refractivity contribution in [2.24, 2.45) is 0 Å². The number of sulfone groups is 1. The lowest BCUT2D eigenvalue weighted by molar-refractivity contribution is 0.450. The molecule has 0 fully saturated rings. The molecule has 1 rings (SSSR count). The second kappa shape index (κ2) is 2.99. The minimum atomic E-state index is -3.69. The van der Waals surface area contributed by atoms with Crippen molar-refractivity contribution in [3.63, 3.8) is 0 Å². The van der Waals surface area contributed by atoms with E-state index in [0.29, 0.717) is 0 Å². The summed E-state index contributed by atoms with van der Waals surface area (Å²) in [4.78, 5) is 6.15. The summed E-state index contributed by atoms with van der Waals surface area (Å²) in [5.41, 5.74) is -0.326. The maximum Gasteiger partial charge on any atom is 0.253 e. The lowest BCUT2D eigenvalue weighted by Gasteiger charge is -1.99. The van der Waals surface area contributed by atoms with Gasteiger partial charge in [-0.2, -0.15) is 13.8 Å². The van der Waals surface area contributed by atoms with Gasteiger partial charge in [0.2, 0.25) is 15.0 Å². The zero-order valence-electron chi connectivity index (χ0n) is 6.88. The maximum atomic E-state index is 12.6. The number of aryl methyl sites for hydroxylation is 1. The van der Waals surface area contributed by atoms with Crippen LogP contribution >= 0.6 is 0 Å². The third-order valence-electron chi connectivity index (χ3n) is 1.29. The predicted molar refractivity (Wildman–Crippen MR) is 39.8 cm³/mol. The summed E-state index contributed by atoms with van der Waals surface area (Å²) in [5, 5.41) is -0.705. The summed E-state index contributed by atoms with van der Waals surface area (Å²) in [7, 11) is -3.69. The van der Waals surface area contributed by atoms with Gasteiger partial charge >= 0.3 is 0 Å². The van der Waals surface area contributed by atoms with Crippen LogP contribution in [0.2, 0.25) is 0 Å². The van der Waals surface area contributed by atoms with Gasteiger partial charge in [-0.3, -0.25) is 0 Å². The molecule has 0 saturated carbocycles. The summed E-state index contributed by atoms with van der Waals surface area (Å²) in [6.45, 7) is 1.16. The molecule has 0 aliphatic carbocycles. The van der Waals surface area contributed by atoms with E-state index in [1.54, 1.807) is 0 Å². The van der Waals surface area contributed by atoms with Crippen LogP contribution in [0.5, 0.6) is 0 Å². The van der Waals surface area contributed by atoms with Gasteiger partial charge in [-0.25, -0.2) is 13.4 Å². The molecule has 13 heavy (non-hydrogen) atoms. The Balaban J connectivity index is 3.47. The van der Waals surface area contributed by atoms with Crippen LogP contribution in [-0.2, 0) is 9.84 Å². The molecule has 0 unspecified atom stereocenters. The van der Waals surface area contributed by atoms with Crippen LogP contribution in [-0.4, -0.2) is 24.6 Å². The fourth-order valence-corrected chi connectivity index (χ4v) is 1.21. The van der Waals surface area contributed by atoms with Crippen molar-refractivity contribution in [3.8, 4) is 0 Å². The quantitative estimate of drug-likeness (QED) is 0.497. The summed E-state index contributed by atoms with van der Waals surface area (Å²) >= 11 is 0. The van der Waals surface area contributed by atoms with Crippen LogP contribution < -0.4 is 0 Å². The Bertz CT molecular complexity index is 421. The van der Waals surface area contributed by atoms with Crippen molar-refractivity contribution < 1.29 is 17.2 Å². The highest BCUT2D eigenvalue weighted by Gasteiger charge is 2.17. The number of hydrogen-bond donors (Lipinski definition) is 0. The van der Waals surface area contributed by atoms with Gasteiger partial charge in [0.1, 0.15) is 0 Å². The Hall–Kier alpha value is -1.11. The minimum Gasteiger partial charge on any atom is -0.221 e. The first-order valence-electron chi connectivity index (χ1n) is 3.22. The normalized spacial score (nSPS) is 11.7.